The number of nitrogens with zero attached hydrogens (tertiary/aromatic N) is 4. The fourth-order valence-corrected chi connectivity index (χ4v) is 5.34. The van der Waals surface area contributed by atoms with Gasteiger partial charge in [-0.25, -0.2) is 0 Å². The van der Waals surface area contributed by atoms with Crippen LogP contribution < -0.4 is 10.2 Å². The van der Waals surface area contributed by atoms with Crippen LogP contribution in [0, 0.1) is 0 Å². The molecule has 2 aromatic heterocycles. The van der Waals surface area contributed by atoms with E-state index in [1.807, 2.05) is 19.1 Å². The lowest BCUT2D eigenvalue weighted by molar-refractivity contribution is -0.0304. The van der Waals surface area contributed by atoms with Crippen molar-refractivity contribution in [2.45, 2.75) is 57.5 Å². The Hall–Kier alpha value is -3.26. The standard InChI is InChI=1S/C25H26N4O4/c1-2-28-14-21(25(31)29-12-17-7-8-18(13-29)32-17)23(30)20-11-22(26-27-24(20)28)33-19-9-15-5-3-4-6-16(15)10-19/h3-6,11,14,17-19H,2,7-10,12-13H2,1H3. The largest absolute Gasteiger partial charge is 0.473 e. The highest BCUT2D eigenvalue weighted by atomic mass is 16.5. The molecule has 3 aromatic rings. The maximum absolute atomic E-state index is 13.4. The normalized spacial score (nSPS) is 22.0. The predicted octanol–water partition coefficient (Wildman–Crippen LogP) is 2.36. The predicted molar refractivity (Wildman–Crippen MR) is 122 cm³/mol. The van der Waals surface area contributed by atoms with Crippen molar-refractivity contribution in [3.05, 3.63) is 63.4 Å². The molecule has 0 spiro atoms. The van der Waals surface area contributed by atoms with Gasteiger partial charge in [-0.15, -0.1) is 10.2 Å². The second-order valence-corrected chi connectivity index (χ2v) is 9.16. The molecule has 2 saturated heterocycles. The van der Waals surface area contributed by atoms with Crippen LogP contribution in [0.2, 0.25) is 0 Å². The number of hydrogen-bond donors (Lipinski definition) is 0. The summed E-state index contributed by atoms with van der Waals surface area (Å²) in [4.78, 5) is 28.5. The zero-order chi connectivity index (χ0) is 22.5. The number of rotatable bonds is 4. The molecule has 8 heteroatoms. The summed E-state index contributed by atoms with van der Waals surface area (Å²) in [6.07, 6.45) is 5.24. The second-order valence-electron chi connectivity index (χ2n) is 9.16. The maximum atomic E-state index is 13.4. The van der Waals surface area contributed by atoms with Gasteiger partial charge in [0.15, 0.2) is 5.65 Å². The topological polar surface area (TPSA) is 86.5 Å². The van der Waals surface area contributed by atoms with Gasteiger partial charge in [-0.2, -0.15) is 0 Å². The van der Waals surface area contributed by atoms with Gasteiger partial charge >= 0.3 is 0 Å². The molecular formula is C25H26N4O4. The summed E-state index contributed by atoms with van der Waals surface area (Å²) >= 11 is 0. The lowest BCUT2D eigenvalue weighted by Crippen LogP contribution is -2.47. The first-order valence-electron chi connectivity index (χ1n) is 11.7. The molecule has 0 N–H and O–H groups in total. The number of ether oxygens (including phenoxy) is 2. The van der Waals surface area contributed by atoms with Crippen molar-refractivity contribution in [3.63, 3.8) is 0 Å². The molecule has 0 saturated carbocycles. The van der Waals surface area contributed by atoms with E-state index in [9.17, 15) is 9.59 Å². The number of aryl methyl sites for hydroxylation is 1. The van der Waals surface area contributed by atoms with Crippen molar-refractivity contribution in [3.8, 4) is 5.88 Å². The van der Waals surface area contributed by atoms with Crippen LogP contribution in [0.1, 0.15) is 41.3 Å². The van der Waals surface area contributed by atoms with Crippen LogP contribution in [0.3, 0.4) is 0 Å². The smallest absolute Gasteiger partial charge is 0.259 e. The molecule has 1 aliphatic carbocycles. The number of likely N-dealkylation sites (tertiary alicyclic amines) is 1. The minimum absolute atomic E-state index is 0.0452. The molecule has 1 amide bonds. The number of pyridine rings is 1. The Bertz CT molecular complexity index is 1270. The van der Waals surface area contributed by atoms with Gasteiger partial charge in [0.25, 0.3) is 5.91 Å². The van der Waals surface area contributed by atoms with Crippen LogP contribution in [-0.2, 0) is 24.1 Å². The van der Waals surface area contributed by atoms with Crippen LogP contribution in [0.5, 0.6) is 5.88 Å². The van der Waals surface area contributed by atoms with Gasteiger partial charge < -0.3 is 18.9 Å². The van der Waals surface area contributed by atoms with E-state index in [-0.39, 0.29) is 35.2 Å². The van der Waals surface area contributed by atoms with E-state index in [0.717, 1.165) is 25.7 Å². The van der Waals surface area contributed by atoms with Crippen molar-refractivity contribution in [2.24, 2.45) is 0 Å². The molecule has 8 nitrogen and oxygen atoms in total. The maximum Gasteiger partial charge on any atom is 0.259 e. The van der Waals surface area contributed by atoms with Crippen LogP contribution in [0.4, 0.5) is 0 Å². The van der Waals surface area contributed by atoms with Crippen molar-refractivity contribution in [2.75, 3.05) is 13.1 Å². The summed E-state index contributed by atoms with van der Waals surface area (Å²) in [6.45, 7) is 3.58. The van der Waals surface area contributed by atoms with Crippen LogP contribution in [0.25, 0.3) is 11.0 Å². The number of amides is 1. The first kappa shape index (κ1) is 20.4. The van der Waals surface area contributed by atoms with Gasteiger partial charge in [0.1, 0.15) is 11.7 Å². The molecule has 2 atom stereocenters. The number of aromatic nitrogens is 3. The monoisotopic (exact) mass is 446 g/mol. The molecule has 0 radical (unpaired) electrons. The Morgan fingerprint density at radius 1 is 1.12 bits per heavy atom. The Morgan fingerprint density at radius 3 is 2.48 bits per heavy atom. The fourth-order valence-electron chi connectivity index (χ4n) is 5.34. The zero-order valence-corrected chi connectivity index (χ0v) is 18.6. The summed E-state index contributed by atoms with van der Waals surface area (Å²) in [7, 11) is 0. The molecule has 1 aromatic carbocycles. The first-order valence-corrected chi connectivity index (χ1v) is 11.7. The van der Waals surface area contributed by atoms with Crippen molar-refractivity contribution < 1.29 is 14.3 Å². The third kappa shape index (κ3) is 3.58. The van der Waals surface area contributed by atoms with Gasteiger partial charge in [-0.1, -0.05) is 24.3 Å². The summed E-state index contributed by atoms with van der Waals surface area (Å²) in [5.74, 6) is 0.0731. The van der Waals surface area contributed by atoms with Gasteiger partial charge in [-0.05, 0) is 30.9 Å². The molecule has 3 aliphatic rings. The number of carbonyl (C=O) groups is 1. The van der Waals surface area contributed by atoms with Crippen molar-refractivity contribution in [1.82, 2.24) is 19.7 Å². The lowest BCUT2D eigenvalue weighted by atomic mass is 10.1. The minimum atomic E-state index is -0.326. The molecule has 4 heterocycles. The number of morpholine rings is 1. The number of benzene rings is 1. The first-order chi connectivity index (χ1) is 16.1. The zero-order valence-electron chi connectivity index (χ0n) is 18.6. The molecular weight excluding hydrogens is 420 g/mol. The van der Waals surface area contributed by atoms with E-state index >= 15 is 0 Å². The average Bonchev–Trinajstić information content (AvgIpc) is 3.40. The molecule has 2 fully saturated rings. The molecule has 2 aliphatic heterocycles. The lowest BCUT2D eigenvalue weighted by Gasteiger charge is -2.32. The Morgan fingerprint density at radius 2 is 1.82 bits per heavy atom. The van der Waals surface area contributed by atoms with E-state index in [1.165, 1.54) is 11.1 Å². The third-order valence-electron chi connectivity index (χ3n) is 7.00. The van der Waals surface area contributed by atoms with Crippen molar-refractivity contribution in [1.29, 1.82) is 0 Å². The molecule has 170 valence electrons. The molecule has 33 heavy (non-hydrogen) atoms. The van der Waals surface area contributed by atoms with Crippen LogP contribution in [0.15, 0.2) is 41.3 Å². The van der Waals surface area contributed by atoms with Gasteiger partial charge in [0.2, 0.25) is 11.3 Å². The second kappa shape index (κ2) is 7.95. The van der Waals surface area contributed by atoms with E-state index in [0.29, 0.717) is 36.5 Å². The summed E-state index contributed by atoms with van der Waals surface area (Å²) < 4.78 is 13.8. The van der Waals surface area contributed by atoms with Crippen molar-refractivity contribution >= 4 is 16.9 Å². The third-order valence-corrected chi connectivity index (χ3v) is 7.00. The molecule has 2 unspecified atom stereocenters. The summed E-state index contributed by atoms with van der Waals surface area (Å²) in [5.41, 5.74) is 2.85. The number of carbonyl (C=O) groups excluding carboxylic acids is 1. The van der Waals surface area contributed by atoms with Crippen LogP contribution >= 0.6 is 0 Å². The highest BCUT2D eigenvalue weighted by Crippen LogP contribution is 2.28. The van der Waals surface area contributed by atoms with Gasteiger partial charge in [0.05, 0.1) is 17.6 Å². The SMILES string of the molecule is CCn1cc(C(=O)N2CC3CCC(C2)O3)c(=O)c2cc(OC3Cc4ccccc4C3)nnc21. The Kier molecular flexibility index (Phi) is 4.90. The number of fused-ring (bicyclic) bond motifs is 4. The average molecular weight is 447 g/mol. The highest BCUT2D eigenvalue weighted by Gasteiger charge is 2.37. The van der Waals surface area contributed by atoms with E-state index < -0.39 is 0 Å². The quantitative estimate of drug-likeness (QED) is 0.612. The van der Waals surface area contributed by atoms with Gasteiger partial charge in [0, 0.05) is 44.7 Å². The summed E-state index contributed by atoms with van der Waals surface area (Å²) in [5, 5.41) is 8.89. The number of hydrogen-bond acceptors (Lipinski definition) is 6. The highest BCUT2D eigenvalue weighted by molar-refractivity contribution is 5.97. The Labute approximate surface area is 191 Å². The fraction of sp³-hybridized carbons (Fsp3) is 0.440. The Balaban J connectivity index is 1.32. The molecule has 6 rings (SSSR count). The van der Waals surface area contributed by atoms with Crippen LogP contribution in [-0.4, -0.2) is 57.0 Å². The molecule has 2 bridgehead atoms. The van der Waals surface area contributed by atoms with E-state index in [1.54, 1.807) is 21.7 Å². The van der Waals surface area contributed by atoms with Gasteiger partial charge in [-0.3, -0.25) is 9.59 Å². The minimum Gasteiger partial charge on any atom is -0.473 e. The van der Waals surface area contributed by atoms with E-state index in [2.05, 4.69) is 22.3 Å². The van der Waals surface area contributed by atoms with E-state index in [4.69, 9.17) is 9.47 Å². The summed E-state index contributed by atoms with van der Waals surface area (Å²) in [6, 6.07) is 9.92.